The van der Waals surface area contributed by atoms with Crippen molar-refractivity contribution in [3.8, 4) is 6.07 Å². The second-order valence-electron chi connectivity index (χ2n) is 6.72. The molecule has 5 heteroatoms. The molecule has 1 aromatic carbocycles. The lowest BCUT2D eigenvalue weighted by atomic mass is 9.92. The number of fused-ring (bicyclic) bond motifs is 1. The number of nitrogens with zero attached hydrogens (tertiary/aromatic N) is 3. The number of hydrogen-bond donors (Lipinski definition) is 2. The lowest BCUT2D eigenvalue weighted by molar-refractivity contribution is 0.452. The quantitative estimate of drug-likeness (QED) is 0.886. The van der Waals surface area contributed by atoms with Gasteiger partial charge in [0.15, 0.2) is 0 Å². The summed E-state index contributed by atoms with van der Waals surface area (Å²) in [6.07, 6.45) is 7.50. The minimum absolute atomic E-state index is 0.439. The van der Waals surface area contributed by atoms with Crippen LogP contribution in [0.2, 0.25) is 0 Å². The van der Waals surface area contributed by atoms with Crippen LogP contribution >= 0.6 is 0 Å². The van der Waals surface area contributed by atoms with Crippen LogP contribution in [0.4, 0.5) is 5.95 Å². The molecule has 1 fully saturated rings. The van der Waals surface area contributed by atoms with E-state index in [0.29, 0.717) is 17.6 Å². The summed E-state index contributed by atoms with van der Waals surface area (Å²) in [6.45, 7) is 0.789. The van der Waals surface area contributed by atoms with Crippen LogP contribution in [0.1, 0.15) is 41.6 Å². The summed E-state index contributed by atoms with van der Waals surface area (Å²) in [6, 6.07) is 11.0. The molecule has 1 aromatic heterocycles. The highest BCUT2D eigenvalue weighted by Crippen LogP contribution is 2.25. The van der Waals surface area contributed by atoms with E-state index < -0.39 is 0 Å². The molecule has 24 heavy (non-hydrogen) atoms. The minimum Gasteiger partial charge on any atom is -0.351 e. The Kier molecular flexibility index (Phi) is 4.14. The molecule has 1 saturated carbocycles. The lowest BCUT2D eigenvalue weighted by Crippen LogP contribution is -2.34. The molecule has 2 aliphatic rings. The number of hydrogen-bond acceptors (Lipinski definition) is 5. The van der Waals surface area contributed by atoms with Gasteiger partial charge in [-0.1, -0.05) is 12.1 Å². The zero-order valence-electron chi connectivity index (χ0n) is 13.6. The summed E-state index contributed by atoms with van der Waals surface area (Å²) < 4.78 is 0. The molecule has 0 radical (unpaired) electrons. The van der Waals surface area contributed by atoms with Crippen molar-refractivity contribution < 1.29 is 0 Å². The average molecular weight is 319 g/mol. The van der Waals surface area contributed by atoms with Crippen LogP contribution in [0.15, 0.2) is 30.5 Å². The minimum atomic E-state index is 0.439. The molecule has 0 bridgehead atoms. The van der Waals surface area contributed by atoms with Crippen molar-refractivity contribution in [2.45, 2.75) is 50.7 Å². The molecule has 122 valence electrons. The SMILES string of the molecule is N#Cc1cccc(CN[C@H]2CCc3nc(NC4CC4)ncc3C2)c1. The molecule has 2 aliphatic carbocycles. The Morgan fingerprint density at radius 1 is 1.21 bits per heavy atom. The zero-order chi connectivity index (χ0) is 16.4. The zero-order valence-corrected chi connectivity index (χ0v) is 13.6. The molecular formula is C19H21N5. The van der Waals surface area contributed by atoms with E-state index in [1.807, 2.05) is 24.4 Å². The van der Waals surface area contributed by atoms with Crippen LogP contribution in [-0.2, 0) is 19.4 Å². The molecular weight excluding hydrogens is 298 g/mol. The first-order valence-corrected chi connectivity index (χ1v) is 8.64. The summed E-state index contributed by atoms with van der Waals surface area (Å²) in [5, 5.41) is 16.0. The standard InChI is InChI=1S/C19H21N5/c20-10-13-2-1-3-14(8-13)11-21-17-6-7-18-15(9-17)12-22-19(24-18)23-16-4-5-16/h1-3,8,12,16-17,21H,4-7,9,11H2,(H,22,23,24)/t17-/m0/s1. The number of rotatable bonds is 5. The van der Waals surface area contributed by atoms with E-state index >= 15 is 0 Å². The Bertz CT molecular complexity index is 776. The van der Waals surface area contributed by atoms with E-state index in [2.05, 4.69) is 32.7 Å². The number of aromatic nitrogens is 2. The van der Waals surface area contributed by atoms with E-state index in [1.54, 1.807) is 0 Å². The summed E-state index contributed by atoms with van der Waals surface area (Å²) in [7, 11) is 0. The van der Waals surface area contributed by atoms with E-state index in [9.17, 15) is 0 Å². The van der Waals surface area contributed by atoms with Crippen molar-refractivity contribution in [2.24, 2.45) is 0 Å². The Morgan fingerprint density at radius 2 is 2.12 bits per heavy atom. The maximum atomic E-state index is 8.98. The summed E-state index contributed by atoms with van der Waals surface area (Å²) >= 11 is 0. The van der Waals surface area contributed by atoms with Crippen LogP contribution in [0.5, 0.6) is 0 Å². The molecule has 0 saturated heterocycles. The van der Waals surface area contributed by atoms with Crippen LogP contribution in [-0.4, -0.2) is 22.1 Å². The number of nitrogens with one attached hydrogen (secondary N) is 2. The molecule has 1 heterocycles. The summed E-state index contributed by atoms with van der Waals surface area (Å²) in [5.74, 6) is 0.788. The fourth-order valence-electron chi connectivity index (χ4n) is 3.17. The summed E-state index contributed by atoms with van der Waals surface area (Å²) in [5.41, 5.74) is 4.32. The molecule has 2 N–H and O–H groups in total. The molecule has 2 aromatic rings. The molecule has 0 aliphatic heterocycles. The Balaban J connectivity index is 1.36. The van der Waals surface area contributed by atoms with Gasteiger partial charge in [0, 0.05) is 30.5 Å². The van der Waals surface area contributed by atoms with Gasteiger partial charge in [-0.3, -0.25) is 0 Å². The molecule has 0 amide bonds. The molecule has 4 rings (SSSR count). The first-order valence-electron chi connectivity index (χ1n) is 8.64. The van der Waals surface area contributed by atoms with E-state index in [0.717, 1.165) is 37.3 Å². The highest BCUT2D eigenvalue weighted by molar-refractivity contribution is 5.34. The van der Waals surface area contributed by atoms with E-state index in [-0.39, 0.29) is 0 Å². The van der Waals surface area contributed by atoms with Crippen molar-refractivity contribution in [2.75, 3.05) is 5.32 Å². The van der Waals surface area contributed by atoms with Gasteiger partial charge in [-0.2, -0.15) is 5.26 Å². The van der Waals surface area contributed by atoms with Gasteiger partial charge in [-0.05, 0) is 55.4 Å². The van der Waals surface area contributed by atoms with Crippen molar-refractivity contribution in [3.63, 3.8) is 0 Å². The second-order valence-corrected chi connectivity index (χ2v) is 6.72. The van der Waals surface area contributed by atoms with Crippen LogP contribution in [0.25, 0.3) is 0 Å². The molecule has 0 unspecified atom stereocenters. The van der Waals surface area contributed by atoms with Gasteiger partial charge in [0.25, 0.3) is 0 Å². The maximum absolute atomic E-state index is 8.98. The third-order valence-corrected chi connectivity index (χ3v) is 4.71. The smallest absolute Gasteiger partial charge is 0.223 e. The van der Waals surface area contributed by atoms with Gasteiger partial charge >= 0.3 is 0 Å². The number of nitriles is 1. The molecule has 0 spiro atoms. The van der Waals surface area contributed by atoms with Gasteiger partial charge in [0.05, 0.1) is 11.6 Å². The van der Waals surface area contributed by atoms with Crippen molar-refractivity contribution in [3.05, 3.63) is 52.8 Å². The third kappa shape index (κ3) is 3.55. The van der Waals surface area contributed by atoms with Gasteiger partial charge in [-0.25, -0.2) is 9.97 Å². The van der Waals surface area contributed by atoms with E-state index in [4.69, 9.17) is 5.26 Å². The third-order valence-electron chi connectivity index (χ3n) is 4.71. The van der Waals surface area contributed by atoms with Gasteiger partial charge in [0.2, 0.25) is 5.95 Å². The second kappa shape index (κ2) is 6.58. The maximum Gasteiger partial charge on any atom is 0.223 e. The fraction of sp³-hybridized carbons (Fsp3) is 0.421. The largest absolute Gasteiger partial charge is 0.351 e. The van der Waals surface area contributed by atoms with Gasteiger partial charge < -0.3 is 10.6 Å². The predicted molar refractivity (Wildman–Crippen MR) is 92.5 cm³/mol. The Labute approximate surface area is 142 Å². The molecule has 1 atom stereocenters. The monoisotopic (exact) mass is 319 g/mol. The Hall–Kier alpha value is -2.45. The van der Waals surface area contributed by atoms with Gasteiger partial charge in [0.1, 0.15) is 0 Å². The van der Waals surface area contributed by atoms with Gasteiger partial charge in [-0.15, -0.1) is 0 Å². The topological polar surface area (TPSA) is 73.6 Å². The van der Waals surface area contributed by atoms with Crippen molar-refractivity contribution in [1.82, 2.24) is 15.3 Å². The number of aryl methyl sites for hydroxylation is 1. The first kappa shape index (κ1) is 15.1. The number of anilines is 1. The molecule has 5 nitrogen and oxygen atoms in total. The lowest BCUT2D eigenvalue weighted by Gasteiger charge is -2.25. The normalized spacial score (nSPS) is 19.4. The Morgan fingerprint density at radius 3 is 2.96 bits per heavy atom. The number of benzene rings is 1. The predicted octanol–water partition coefficient (Wildman–Crippen LogP) is 2.57. The fourth-order valence-corrected chi connectivity index (χ4v) is 3.17. The van der Waals surface area contributed by atoms with Crippen LogP contribution in [0.3, 0.4) is 0 Å². The highest BCUT2D eigenvalue weighted by Gasteiger charge is 2.24. The van der Waals surface area contributed by atoms with Crippen molar-refractivity contribution in [1.29, 1.82) is 5.26 Å². The van der Waals surface area contributed by atoms with Crippen LogP contribution in [0, 0.1) is 11.3 Å². The first-order chi connectivity index (χ1) is 11.8. The van der Waals surface area contributed by atoms with E-state index in [1.165, 1.54) is 24.1 Å². The average Bonchev–Trinajstić information content (AvgIpc) is 3.44. The van der Waals surface area contributed by atoms with Crippen LogP contribution < -0.4 is 10.6 Å². The highest BCUT2D eigenvalue weighted by atomic mass is 15.1. The summed E-state index contributed by atoms with van der Waals surface area (Å²) in [4.78, 5) is 9.14. The van der Waals surface area contributed by atoms with Crippen molar-refractivity contribution >= 4 is 5.95 Å².